The van der Waals surface area contributed by atoms with Gasteiger partial charge >= 0.3 is 0 Å². The first kappa shape index (κ1) is 14.2. The predicted octanol–water partition coefficient (Wildman–Crippen LogP) is 0.267. The molecule has 2 aliphatic rings. The lowest BCUT2D eigenvalue weighted by Crippen LogP contribution is -2.42. The Labute approximate surface area is 134 Å². The number of aromatic nitrogens is 3. The van der Waals surface area contributed by atoms with Crippen LogP contribution in [0.3, 0.4) is 0 Å². The van der Waals surface area contributed by atoms with Crippen molar-refractivity contribution >= 4 is 11.6 Å². The van der Waals surface area contributed by atoms with E-state index in [9.17, 15) is 4.79 Å². The number of nitrogens with zero attached hydrogens (tertiary/aromatic N) is 4. The zero-order valence-corrected chi connectivity index (χ0v) is 12.8. The average Bonchev–Trinajstić information content (AvgIpc) is 3.01. The lowest BCUT2D eigenvalue weighted by atomic mass is 10.1. The van der Waals surface area contributed by atoms with Crippen molar-refractivity contribution in [3.05, 3.63) is 41.5 Å². The molecule has 7 heteroatoms. The van der Waals surface area contributed by atoms with E-state index in [0.717, 1.165) is 35.9 Å². The highest BCUT2D eigenvalue weighted by molar-refractivity contribution is 5.86. The van der Waals surface area contributed by atoms with E-state index in [1.54, 1.807) is 0 Å². The number of nitrogens with two attached hydrogens (primary N) is 1. The highest BCUT2D eigenvalue weighted by atomic mass is 16.5. The second-order valence-corrected chi connectivity index (χ2v) is 5.93. The third-order valence-corrected chi connectivity index (χ3v) is 4.56. The van der Waals surface area contributed by atoms with E-state index in [2.05, 4.69) is 14.8 Å². The van der Waals surface area contributed by atoms with Gasteiger partial charge in [-0.1, -0.05) is 18.2 Å². The maximum Gasteiger partial charge on any atom is 0.240 e. The fourth-order valence-corrected chi connectivity index (χ4v) is 3.41. The molecule has 0 radical (unpaired) electrons. The summed E-state index contributed by atoms with van der Waals surface area (Å²) in [6.07, 6.45) is 1.42. The van der Waals surface area contributed by atoms with Gasteiger partial charge in [0.1, 0.15) is 11.9 Å². The molecule has 0 aliphatic carbocycles. The molecule has 1 amide bonds. The number of hydrogen-bond acceptors (Lipinski definition) is 5. The van der Waals surface area contributed by atoms with E-state index < -0.39 is 0 Å². The quantitative estimate of drug-likeness (QED) is 0.879. The number of ether oxygens (including phenoxy) is 1. The number of benzene rings is 1. The Bertz CT molecular complexity index is 742. The fourth-order valence-electron chi connectivity index (χ4n) is 3.41. The molecular weight excluding hydrogens is 294 g/mol. The molecule has 1 aromatic carbocycles. The van der Waals surface area contributed by atoms with Crippen molar-refractivity contribution in [3.8, 4) is 0 Å². The minimum absolute atomic E-state index is 0.305. The van der Waals surface area contributed by atoms with Crippen LogP contribution in [-0.4, -0.2) is 39.9 Å². The van der Waals surface area contributed by atoms with Crippen molar-refractivity contribution in [2.24, 2.45) is 5.73 Å². The van der Waals surface area contributed by atoms with Gasteiger partial charge in [-0.3, -0.25) is 4.79 Å². The van der Waals surface area contributed by atoms with Gasteiger partial charge in [0, 0.05) is 25.1 Å². The third-order valence-electron chi connectivity index (χ3n) is 4.56. The molecule has 0 spiro atoms. The van der Waals surface area contributed by atoms with Gasteiger partial charge in [-0.05, 0) is 11.6 Å². The van der Waals surface area contributed by atoms with E-state index in [1.807, 2.05) is 29.2 Å². The summed E-state index contributed by atoms with van der Waals surface area (Å²) < 4.78 is 7.60. The summed E-state index contributed by atoms with van der Waals surface area (Å²) in [4.78, 5) is 13.9. The molecule has 0 fully saturated rings. The van der Waals surface area contributed by atoms with Crippen LogP contribution in [0, 0.1) is 0 Å². The van der Waals surface area contributed by atoms with E-state index in [-0.39, 0.29) is 11.9 Å². The monoisotopic (exact) mass is 313 g/mol. The van der Waals surface area contributed by atoms with Crippen molar-refractivity contribution in [2.75, 3.05) is 18.1 Å². The Morgan fingerprint density at radius 1 is 1.30 bits per heavy atom. The summed E-state index contributed by atoms with van der Waals surface area (Å²) >= 11 is 0. The molecule has 120 valence electrons. The number of anilines is 1. The average molecular weight is 313 g/mol. The summed E-state index contributed by atoms with van der Waals surface area (Å²) in [5.41, 5.74) is 7.82. The standard InChI is InChI=1S/C16H19N5O2/c17-16(22)13-9-11-3-1-2-4-12(11)21(13)10-15-19-18-14-5-7-23-8-6-20(14)15/h1-4,13H,5-10H2,(H2,17,22)/t13-/m0/s1. The van der Waals surface area contributed by atoms with Crippen LogP contribution >= 0.6 is 0 Å². The van der Waals surface area contributed by atoms with Gasteiger partial charge in [-0.2, -0.15) is 0 Å². The van der Waals surface area contributed by atoms with Crippen LogP contribution in [0.25, 0.3) is 0 Å². The largest absolute Gasteiger partial charge is 0.379 e. The molecular formula is C16H19N5O2. The maximum atomic E-state index is 11.9. The van der Waals surface area contributed by atoms with Crippen LogP contribution in [0.5, 0.6) is 0 Å². The van der Waals surface area contributed by atoms with Gasteiger partial charge in [0.05, 0.1) is 19.8 Å². The molecule has 7 nitrogen and oxygen atoms in total. The molecule has 0 bridgehead atoms. The minimum atomic E-state index is -0.331. The highest BCUT2D eigenvalue weighted by Gasteiger charge is 2.34. The smallest absolute Gasteiger partial charge is 0.240 e. The normalized spacial score (nSPS) is 20.0. The van der Waals surface area contributed by atoms with Crippen LogP contribution in [0.15, 0.2) is 24.3 Å². The molecule has 23 heavy (non-hydrogen) atoms. The Kier molecular flexibility index (Phi) is 3.49. The summed E-state index contributed by atoms with van der Waals surface area (Å²) in [7, 11) is 0. The molecule has 2 N–H and O–H groups in total. The topological polar surface area (TPSA) is 86.3 Å². The number of para-hydroxylation sites is 1. The lowest BCUT2D eigenvalue weighted by molar-refractivity contribution is -0.119. The predicted molar refractivity (Wildman–Crippen MR) is 83.9 cm³/mol. The number of fused-ring (bicyclic) bond motifs is 2. The molecule has 3 heterocycles. The fraction of sp³-hybridized carbons (Fsp3) is 0.438. The second-order valence-electron chi connectivity index (χ2n) is 5.93. The molecule has 1 aromatic heterocycles. The molecule has 0 saturated carbocycles. The van der Waals surface area contributed by atoms with Crippen molar-refractivity contribution in [1.29, 1.82) is 0 Å². The van der Waals surface area contributed by atoms with Crippen molar-refractivity contribution in [3.63, 3.8) is 0 Å². The Morgan fingerprint density at radius 3 is 3.04 bits per heavy atom. The van der Waals surface area contributed by atoms with Crippen LogP contribution in [-0.2, 0) is 35.5 Å². The Morgan fingerprint density at radius 2 is 2.17 bits per heavy atom. The van der Waals surface area contributed by atoms with E-state index in [1.165, 1.54) is 0 Å². The molecule has 2 aromatic rings. The van der Waals surface area contributed by atoms with Gasteiger partial charge < -0.3 is 19.9 Å². The number of primary amides is 1. The van der Waals surface area contributed by atoms with Gasteiger partial charge in [0.15, 0.2) is 5.82 Å². The number of amides is 1. The van der Waals surface area contributed by atoms with Crippen LogP contribution in [0.4, 0.5) is 5.69 Å². The molecule has 0 saturated heterocycles. The first-order valence-corrected chi connectivity index (χ1v) is 7.86. The summed E-state index contributed by atoms with van der Waals surface area (Å²) in [5, 5.41) is 8.61. The van der Waals surface area contributed by atoms with Gasteiger partial charge in [0.25, 0.3) is 0 Å². The second kappa shape index (κ2) is 5.66. The van der Waals surface area contributed by atoms with E-state index in [0.29, 0.717) is 26.2 Å². The molecule has 2 aliphatic heterocycles. The van der Waals surface area contributed by atoms with Crippen LogP contribution in [0.2, 0.25) is 0 Å². The van der Waals surface area contributed by atoms with E-state index >= 15 is 0 Å². The number of hydrogen-bond donors (Lipinski definition) is 1. The zero-order valence-electron chi connectivity index (χ0n) is 12.8. The number of carbonyl (C=O) groups excluding carboxylic acids is 1. The lowest BCUT2D eigenvalue weighted by Gasteiger charge is -2.25. The van der Waals surface area contributed by atoms with Crippen LogP contribution in [0.1, 0.15) is 17.2 Å². The molecule has 1 atom stereocenters. The zero-order chi connectivity index (χ0) is 15.8. The van der Waals surface area contributed by atoms with Gasteiger partial charge in [-0.25, -0.2) is 0 Å². The summed E-state index contributed by atoms with van der Waals surface area (Å²) in [6.45, 7) is 2.61. The van der Waals surface area contributed by atoms with Gasteiger partial charge in [0.2, 0.25) is 5.91 Å². The van der Waals surface area contributed by atoms with Crippen molar-refractivity contribution < 1.29 is 9.53 Å². The van der Waals surface area contributed by atoms with E-state index in [4.69, 9.17) is 10.5 Å². The Hall–Kier alpha value is -2.41. The van der Waals surface area contributed by atoms with Gasteiger partial charge in [-0.15, -0.1) is 10.2 Å². The SMILES string of the molecule is NC(=O)[C@@H]1Cc2ccccc2N1Cc1nnc2n1CCOCC2. The summed E-state index contributed by atoms with van der Waals surface area (Å²) in [6, 6.07) is 7.71. The highest BCUT2D eigenvalue weighted by Crippen LogP contribution is 2.33. The number of carbonyl (C=O) groups is 1. The third kappa shape index (κ3) is 2.46. The minimum Gasteiger partial charge on any atom is -0.379 e. The first-order valence-electron chi connectivity index (χ1n) is 7.86. The van der Waals surface area contributed by atoms with Crippen LogP contribution < -0.4 is 10.6 Å². The maximum absolute atomic E-state index is 11.9. The Balaban J connectivity index is 1.67. The number of rotatable bonds is 3. The van der Waals surface area contributed by atoms with Crippen molar-refractivity contribution in [2.45, 2.75) is 32.0 Å². The summed E-state index contributed by atoms with van der Waals surface area (Å²) in [5.74, 6) is 1.49. The molecule has 0 unspecified atom stereocenters. The first-order chi connectivity index (χ1) is 11.2. The molecule has 4 rings (SSSR count). The van der Waals surface area contributed by atoms with Crippen molar-refractivity contribution in [1.82, 2.24) is 14.8 Å².